The molecule has 0 fully saturated rings. The molecule has 2 aromatic carbocycles. The number of hydrogen-bond donors (Lipinski definition) is 1. The van der Waals surface area contributed by atoms with Crippen molar-refractivity contribution in [3.63, 3.8) is 0 Å². The molecular weight excluding hydrogens is 352 g/mol. The first kappa shape index (κ1) is 14.8. The zero-order valence-corrected chi connectivity index (χ0v) is 12.9. The Labute approximate surface area is 129 Å². The van der Waals surface area contributed by atoms with Crippen molar-refractivity contribution < 1.29 is 4.39 Å². The summed E-state index contributed by atoms with van der Waals surface area (Å²) in [5.74, 6) is -0.309. The summed E-state index contributed by atoms with van der Waals surface area (Å²) in [6.45, 7) is 0. The van der Waals surface area contributed by atoms with E-state index in [-0.39, 0.29) is 5.82 Å². The largest absolute Gasteiger partial charge is 0.324 e. The van der Waals surface area contributed by atoms with E-state index in [0.29, 0.717) is 22.0 Å². The Morgan fingerprint density at radius 3 is 2.53 bits per heavy atom. The van der Waals surface area contributed by atoms with Gasteiger partial charge >= 0.3 is 0 Å². The summed E-state index contributed by atoms with van der Waals surface area (Å²) in [4.78, 5) is 0. The van der Waals surface area contributed by atoms with E-state index in [1.807, 2.05) is 6.07 Å². The normalized spacial score (nSPS) is 12.5. The van der Waals surface area contributed by atoms with Gasteiger partial charge in [-0.05, 0) is 42.3 Å². The van der Waals surface area contributed by atoms with Crippen LogP contribution in [0.3, 0.4) is 0 Å². The topological polar surface area (TPSA) is 26.0 Å². The van der Waals surface area contributed by atoms with Gasteiger partial charge in [0.25, 0.3) is 0 Å². The highest BCUT2D eigenvalue weighted by molar-refractivity contribution is 9.10. The predicted octanol–water partition coefficient (Wildman–Crippen LogP) is 5.14. The fourth-order valence-electron chi connectivity index (χ4n) is 1.83. The van der Waals surface area contributed by atoms with Gasteiger partial charge < -0.3 is 5.73 Å². The lowest BCUT2D eigenvalue weighted by molar-refractivity contribution is 0.580. The molecule has 0 bridgehead atoms. The number of hydrogen-bond acceptors (Lipinski definition) is 1. The summed E-state index contributed by atoms with van der Waals surface area (Å²) in [6.07, 6.45) is 0.490. The number of rotatable bonds is 3. The van der Waals surface area contributed by atoms with Crippen LogP contribution >= 0.6 is 39.1 Å². The molecule has 1 nitrogen and oxygen atoms in total. The van der Waals surface area contributed by atoms with Crippen LogP contribution in [0.5, 0.6) is 0 Å². The Morgan fingerprint density at radius 2 is 1.84 bits per heavy atom. The van der Waals surface area contributed by atoms with Crippen LogP contribution in [0.15, 0.2) is 40.9 Å². The summed E-state index contributed by atoms with van der Waals surface area (Å²) in [7, 11) is 0. The van der Waals surface area contributed by atoms with Crippen LogP contribution in [0.2, 0.25) is 10.0 Å². The van der Waals surface area contributed by atoms with Crippen LogP contribution < -0.4 is 5.73 Å². The smallest absolute Gasteiger partial charge is 0.128 e. The number of halogens is 4. The van der Waals surface area contributed by atoms with E-state index < -0.39 is 6.04 Å². The first-order valence-electron chi connectivity index (χ1n) is 5.62. The molecule has 2 rings (SSSR count). The third kappa shape index (κ3) is 3.69. The highest BCUT2D eigenvalue weighted by Gasteiger charge is 2.13. The zero-order chi connectivity index (χ0) is 14.0. The Kier molecular flexibility index (Phi) is 4.85. The maximum absolute atomic E-state index is 13.7. The summed E-state index contributed by atoms with van der Waals surface area (Å²) in [6, 6.07) is 9.60. The Balaban J connectivity index is 2.22. The Morgan fingerprint density at radius 1 is 1.11 bits per heavy atom. The monoisotopic (exact) mass is 361 g/mol. The lowest BCUT2D eigenvalue weighted by atomic mass is 9.99. The van der Waals surface area contributed by atoms with Crippen molar-refractivity contribution in [1.82, 2.24) is 0 Å². The molecule has 0 saturated carbocycles. The lowest BCUT2D eigenvalue weighted by Crippen LogP contribution is -2.15. The minimum absolute atomic E-state index is 0.309. The van der Waals surface area contributed by atoms with Gasteiger partial charge in [0.15, 0.2) is 0 Å². The van der Waals surface area contributed by atoms with Gasteiger partial charge in [-0.3, -0.25) is 0 Å². The van der Waals surface area contributed by atoms with Crippen molar-refractivity contribution in [2.45, 2.75) is 12.5 Å². The summed E-state index contributed by atoms with van der Waals surface area (Å²) in [5, 5.41) is 0.966. The summed E-state index contributed by atoms with van der Waals surface area (Å²) >= 11 is 15.1. The molecule has 0 aliphatic heterocycles. The molecule has 0 saturated heterocycles. The van der Waals surface area contributed by atoms with Crippen molar-refractivity contribution in [1.29, 1.82) is 0 Å². The van der Waals surface area contributed by atoms with Gasteiger partial charge in [-0.15, -0.1) is 0 Å². The molecule has 0 aliphatic rings. The minimum Gasteiger partial charge on any atom is -0.324 e. The van der Waals surface area contributed by atoms with Crippen molar-refractivity contribution in [3.05, 3.63) is 67.9 Å². The van der Waals surface area contributed by atoms with Gasteiger partial charge in [-0.2, -0.15) is 0 Å². The van der Waals surface area contributed by atoms with E-state index in [1.54, 1.807) is 24.3 Å². The van der Waals surface area contributed by atoms with Gasteiger partial charge in [0, 0.05) is 16.1 Å². The minimum atomic E-state index is -0.435. The van der Waals surface area contributed by atoms with Crippen molar-refractivity contribution in [3.8, 4) is 0 Å². The second-order valence-electron chi connectivity index (χ2n) is 4.22. The molecule has 0 aliphatic carbocycles. The van der Waals surface area contributed by atoms with Crippen LogP contribution in [0.25, 0.3) is 0 Å². The predicted molar refractivity (Wildman–Crippen MR) is 81.2 cm³/mol. The summed E-state index contributed by atoms with van der Waals surface area (Å²) < 4.78 is 14.5. The van der Waals surface area contributed by atoms with E-state index in [4.69, 9.17) is 28.9 Å². The molecule has 0 aromatic heterocycles. The van der Waals surface area contributed by atoms with Crippen molar-refractivity contribution >= 4 is 39.1 Å². The van der Waals surface area contributed by atoms with Gasteiger partial charge in [-0.25, -0.2) is 4.39 Å². The van der Waals surface area contributed by atoms with Gasteiger partial charge in [-0.1, -0.05) is 45.2 Å². The quantitative estimate of drug-likeness (QED) is 0.803. The summed E-state index contributed by atoms with van der Waals surface area (Å²) in [5.41, 5.74) is 7.44. The molecule has 0 heterocycles. The average Bonchev–Trinajstić information content (AvgIpc) is 2.36. The highest BCUT2D eigenvalue weighted by atomic mass is 79.9. The van der Waals surface area contributed by atoms with Crippen molar-refractivity contribution in [2.24, 2.45) is 5.73 Å². The molecule has 0 amide bonds. The van der Waals surface area contributed by atoms with Crippen LogP contribution in [0.4, 0.5) is 4.39 Å². The lowest BCUT2D eigenvalue weighted by Gasteiger charge is -2.14. The van der Waals surface area contributed by atoms with Gasteiger partial charge in [0.2, 0.25) is 0 Å². The van der Waals surface area contributed by atoms with Crippen LogP contribution in [-0.2, 0) is 6.42 Å². The van der Waals surface area contributed by atoms with Crippen LogP contribution in [0, 0.1) is 5.82 Å². The molecule has 100 valence electrons. The molecule has 1 atom stereocenters. The molecule has 19 heavy (non-hydrogen) atoms. The molecule has 0 spiro atoms. The second kappa shape index (κ2) is 6.23. The molecule has 1 unspecified atom stereocenters. The zero-order valence-electron chi connectivity index (χ0n) is 9.84. The fraction of sp³-hybridized carbons (Fsp3) is 0.143. The third-order valence-corrected chi connectivity index (χ3v) is 4.03. The van der Waals surface area contributed by atoms with E-state index in [0.717, 1.165) is 10.0 Å². The standard InChI is InChI=1S/C14H11BrCl2FN/c15-9-2-4-13(18)10(7-9)14(19)6-8-1-3-11(16)12(17)5-8/h1-5,7,14H,6,19H2. The SMILES string of the molecule is NC(Cc1ccc(Cl)c(Cl)c1)c1cc(Br)ccc1F. The number of benzene rings is 2. The third-order valence-electron chi connectivity index (χ3n) is 2.80. The van der Waals surface area contributed by atoms with E-state index in [9.17, 15) is 4.39 Å². The first-order chi connectivity index (χ1) is 8.97. The van der Waals surface area contributed by atoms with Crippen molar-refractivity contribution in [2.75, 3.05) is 0 Å². The second-order valence-corrected chi connectivity index (χ2v) is 5.95. The van der Waals surface area contributed by atoms with Crippen LogP contribution in [-0.4, -0.2) is 0 Å². The highest BCUT2D eigenvalue weighted by Crippen LogP contribution is 2.26. The molecule has 2 N–H and O–H groups in total. The van der Waals surface area contributed by atoms with Gasteiger partial charge in [0.05, 0.1) is 10.0 Å². The maximum atomic E-state index is 13.7. The molecule has 5 heteroatoms. The van der Waals surface area contributed by atoms with E-state index in [2.05, 4.69) is 15.9 Å². The Hall–Kier alpha value is -0.610. The molecular formula is C14H11BrCl2FN. The van der Waals surface area contributed by atoms with Gasteiger partial charge in [0.1, 0.15) is 5.82 Å². The first-order valence-corrected chi connectivity index (χ1v) is 7.16. The van der Waals surface area contributed by atoms with E-state index >= 15 is 0 Å². The molecule has 2 aromatic rings. The molecule has 0 radical (unpaired) electrons. The van der Waals surface area contributed by atoms with E-state index in [1.165, 1.54) is 6.07 Å². The van der Waals surface area contributed by atoms with Crippen LogP contribution in [0.1, 0.15) is 17.2 Å². The Bertz CT molecular complexity index is 604. The average molecular weight is 363 g/mol. The number of nitrogens with two attached hydrogens (primary N) is 1. The maximum Gasteiger partial charge on any atom is 0.128 e. The fourth-order valence-corrected chi connectivity index (χ4v) is 2.53.